The first kappa shape index (κ1) is 14.5. The van der Waals surface area contributed by atoms with Gasteiger partial charge in [0, 0.05) is 12.7 Å². The van der Waals surface area contributed by atoms with Crippen LogP contribution in [0.15, 0.2) is 47.6 Å². The molecule has 20 heavy (non-hydrogen) atoms. The summed E-state index contributed by atoms with van der Waals surface area (Å²) < 4.78 is 27.2. The molecule has 5 nitrogen and oxygen atoms in total. The lowest BCUT2D eigenvalue weighted by Gasteiger charge is -2.09. The maximum absolute atomic E-state index is 12.3. The highest BCUT2D eigenvalue weighted by molar-refractivity contribution is 7.92. The van der Waals surface area contributed by atoms with E-state index in [9.17, 15) is 8.42 Å². The molecule has 0 unspecified atom stereocenters. The van der Waals surface area contributed by atoms with Gasteiger partial charge in [-0.1, -0.05) is 12.1 Å². The Bertz CT molecular complexity index is 699. The highest BCUT2D eigenvalue weighted by atomic mass is 32.2. The van der Waals surface area contributed by atoms with Crippen LogP contribution in [0.4, 0.5) is 5.69 Å². The third-order valence-electron chi connectivity index (χ3n) is 2.72. The smallest absolute Gasteiger partial charge is 0.261 e. The summed E-state index contributed by atoms with van der Waals surface area (Å²) >= 11 is 0. The van der Waals surface area contributed by atoms with Crippen LogP contribution in [-0.4, -0.2) is 20.4 Å². The summed E-state index contributed by atoms with van der Waals surface area (Å²) in [6, 6.07) is 8.58. The van der Waals surface area contributed by atoms with Crippen LogP contribution in [0.3, 0.4) is 0 Å². The maximum Gasteiger partial charge on any atom is 0.261 e. The van der Waals surface area contributed by atoms with Crippen LogP contribution in [0, 0.1) is 6.92 Å². The zero-order valence-corrected chi connectivity index (χ0v) is 12.2. The number of aromatic nitrogens is 1. The highest BCUT2D eigenvalue weighted by Crippen LogP contribution is 2.17. The molecule has 106 valence electrons. The summed E-state index contributed by atoms with van der Waals surface area (Å²) in [6.45, 7) is 2.48. The fourth-order valence-corrected chi connectivity index (χ4v) is 2.96. The quantitative estimate of drug-likeness (QED) is 0.883. The molecule has 0 spiro atoms. The van der Waals surface area contributed by atoms with Gasteiger partial charge in [-0.15, -0.1) is 0 Å². The van der Waals surface area contributed by atoms with Crippen molar-refractivity contribution in [1.82, 2.24) is 10.3 Å². The number of nitrogens with one attached hydrogen (secondary N) is 2. The molecule has 1 aromatic heterocycles. The largest absolute Gasteiger partial charge is 0.316 e. The van der Waals surface area contributed by atoms with Crippen molar-refractivity contribution in [3.05, 3.63) is 53.9 Å². The van der Waals surface area contributed by atoms with Crippen molar-refractivity contribution in [3.63, 3.8) is 0 Å². The second kappa shape index (κ2) is 6.02. The second-order valence-electron chi connectivity index (χ2n) is 4.53. The van der Waals surface area contributed by atoms with Gasteiger partial charge in [0.2, 0.25) is 0 Å². The Balaban J connectivity index is 2.28. The predicted octanol–water partition coefficient (Wildman–Crippen LogP) is 1.91. The van der Waals surface area contributed by atoms with Crippen molar-refractivity contribution >= 4 is 15.7 Å². The maximum atomic E-state index is 12.3. The fraction of sp³-hybridized carbons (Fsp3) is 0.214. The first-order valence-corrected chi connectivity index (χ1v) is 7.67. The Labute approximate surface area is 119 Å². The van der Waals surface area contributed by atoms with Crippen LogP contribution in [0.5, 0.6) is 0 Å². The number of aryl methyl sites for hydroxylation is 1. The SMILES string of the molecule is CNCc1cccc(S(=O)(=O)Nc2cncc(C)c2)c1. The standard InChI is InChI=1S/C14H17N3O2S/c1-11-6-13(10-16-8-11)17-20(18,19)14-5-3-4-12(7-14)9-15-2/h3-8,10,15,17H,9H2,1-2H3. The van der Waals surface area contributed by atoms with E-state index in [4.69, 9.17) is 0 Å². The molecule has 0 bridgehead atoms. The predicted molar refractivity (Wildman–Crippen MR) is 79.0 cm³/mol. The summed E-state index contributed by atoms with van der Waals surface area (Å²) in [5, 5.41) is 2.99. The van der Waals surface area contributed by atoms with Gasteiger partial charge in [-0.3, -0.25) is 9.71 Å². The van der Waals surface area contributed by atoms with Crippen molar-refractivity contribution in [2.75, 3.05) is 11.8 Å². The summed E-state index contributed by atoms with van der Waals surface area (Å²) in [5.41, 5.74) is 2.27. The molecule has 0 saturated heterocycles. The monoisotopic (exact) mass is 291 g/mol. The van der Waals surface area contributed by atoms with E-state index in [0.29, 0.717) is 12.2 Å². The van der Waals surface area contributed by atoms with E-state index in [1.807, 2.05) is 20.0 Å². The third kappa shape index (κ3) is 3.55. The van der Waals surface area contributed by atoms with Crippen LogP contribution < -0.4 is 10.0 Å². The Hall–Kier alpha value is -1.92. The first-order valence-electron chi connectivity index (χ1n) is 6.19. The Kier molecular flexibility index (Phi) is 4.36. The number of anilines is 1. The lowest BCUT2D eigenvalue weighted by atomic mass is 10.2. The average molecular weight is 291 g/mol. The lowest BCUT2D eigenvalue weighted by molar-refractivity contribution is 0.601. The van der Waals surface area contributed by atoms with Gasteiger partial charge in [-0.05, 0) is 43.3 Å². The minimum absolute atomic E-state index is 0.242. The van der Waals surface area contributed by atoms with Gasteiger partial charge >= 0.3 is 0 Å². The number of benzene rings is 1. The molecule has 0 aliphatic heterocycles. The van der Waals surface area contributed by atoms with Gasteiger partial charge < -0.3 is 5.32 Å². The summed E-state index contributed by atoms with van der Waals surface area (Å²) in [7, 11) is -1.77. The van der Waals surface area contributed by atoms with Crippen molar-refractivity contribution in [1.29, 1.82) is 0 Å². The van der Waals surface area contributed by atoms with Crippen molar-refractivity contribution in [2.24, 2.45) is 0 Å². The molecular formula is C14H17N3O2S. The number of hydrogen-bond acceptors (Lipinski definition) is 4. The Morgan fingerprint density at radius 1 is 1.20 bits per heavy atom. The van der Waals surface area contributed by atoms with Gasteiger partial charge in [0.25, 0.3) is 10.0 Å². The number of hydrogen-bond donors (Lipinski definition) is 2. The molecule has 6 heteroatoms. The zero-order chi connectivity index (χ0) is 14.6. The molecule has 0 fully saturated rings. The van der Waals surface area contributed by atoms with Crippen LogP contribution in [-0.2, 0) is 16.6 Å². The van der Waals surface area contributed by atoms with E-state index in [-0.39, 0.29) is 4.90 Å². The zero-order valence-electron chi connectivity index (χ0n) is 11.4. The second-order valence-corrected chi connectivity index (χ2v) is 6.22. The molecule has 0 aliphatic carbocycles. The van der Waals surface area contributed by atoms with E-state index < -0.39 is 10.0 Å². The molecular weight excluding hydrogens is 274 g/mol. The van der Waals surface area contributed by atoms with Crippen molar-refractivity contribution < 1.29 is 8.42 Å². The summed E-state index contributed by atoms with van der Waals surface area (Å²) in [5.74, 6) is 0. The van der Waals surface area contributed by atoms with Crippen molar-refractivity contribution in [2.45, 2.75) is 18.4 Å². The van der Waals surface area contributed by atoms with Gasteiger partial charge in [0.15, 0.2) is 0 Å². The number of rotatable bonds is 5. The Morgan fingerprint density at radius 3 is 2.70 bits per heavy atom. The highest BCUT2D eigenvalue weighted by Gasteiger charge is 2.14. The van der Waals surface area contributed by atoms with Gasteiger partial charge in [0.05, 0.1) is 16.8 Å². The lowest BCUT2D eigenvalue weighted by Crippen LogP contribution is -2.14. The summed E-state index contributed by atoms with van der Waals surface area (Å²) in [6.07, 6.45) is 3.16. The van der Waals surface area contributed by atoms with Crippen LogP contribution in [0.2, 0.25) is 0 Å². The van der Waals surface area contributed by atoms with E-state index in [1.165, 1.54) is 6.20 Å². The molecule has 0 atom stereocenters. The first-order chi connectivity index (χ1) is 9.51. The van der Waals surface area contributed by atoms with Gasteiger partial charge in [-0.25, -0.2) is 8.42 Å². The summed E-state index contributed by atoms with van der Waals surface area (Å²) in [4.78, 5) is 4.21. The topological polar surface area (TPSA) is 71.1 Å². The molecule has 2 N–H and O–H groups in total. The molecule has 0 aliphatic rings. The minimum atomic E-state index is -3.59. The molecule has 0 radical (unpaired) electrons. The van der Waals surface area contributed by atoms with E-state index in [2.05, 4.69) is 15.0 Å². The van der Waals surface area contributed by atoms with Crippen LogP contribution in [0.1, 0.15) is 11.1 Å². The fourth-order valence-electron chi connectivity index (χ4n) is 1.85. The van der Waals surface area contributed by atoms with E-state index >= 15 is 0 Å². The van der Waals surface area contributed by atoms with E-state index in [0.717, 1.165) is 11.1 Å². The molecule has 2 rings (SSSR count). The van der Waals surface area contributed by atoms with Gasteiger partial charge in [0.1, 0.15) is 0 Å². The average Bonchev–Trinajstić information content (AvgIpc) is 2.39. The number of sulfonamides is 1. The molecule has 0 amide bonds. The Morgan fingerprint density at radius 2 is 2.00 bits per heavy atom. The van der Waals surface area contributed by atoms with Crippen LogP contribution in [0.25, 0.3) is 0 Å². The molecule has 1 heterocycles. The molecule has 1 aromatic carbocycles. The number of pyridine rings is 1. The normalized spacial score (nSPS) is 11.3. The van der Waals surface area contributed by atoms with Crippen molar-refractivity contribution in [3.8, 4) is 0 Å². The minimum Gasteiger partial charge on any atom is -0.316 e. The molecule has 0 saturated carbocycles. The third-order valence-corrected chi connectivity index (χ3v) is 4.10. The van der Waals surface area contributed by atoms with E-state index in [1.54, 1.807) is 30.5 Å². The molecule has 2 aromatic rings. The van der Waals surface area contributed by atoms with Crippen LogP contribution >= 0.6 is 0 Å². The van der Waals surface area contributed by atoms with Gasteiger partial charge in [-0.2, -0.15) is 0 Å². The number of nitrogens with zero attached hydrogens (tertiary/aromatic N) is 1.